The molecule has 246 valence electrons. The lowest BCUT2D eigenvalue weighted by Gasteiger charge is -2.50. The average molecular weight is 673 g/mol. The number of halogens is 2. The summed E-state index contributed by atoms with van der Waals surface area (Å²) < 4.78 is 19.8. The maximum Gasteiger partial charge on any atom is 0.328 e. The van der Waals surface area contributed by atoms with Gasteiger partial charge in [-0.15, -0.1) is 0 Å². The van der Waals surface area contributed by atoms with Crippen molar-refractivity contribution < 1.29 is 38.2 Å². The summed E-state index contributed by atoms with van der Waals surface area (Å²) in [7, 11) is 0. The summed E-state index contributed by atoms with van der Waals surface area (Å²) in [6, 6.07) is 17.6. The quantitative estimate of drug-likeness (QED) is 0.252. The van der Waals surface area contributed by atoms with Gasteiger partial charge in [-0.2, -0.15) is 9.91 Å². The number of rotatable bonds is 7. The maximum atomic E-state index is 15.1. The molecule has 0 aromatic heterocycles. The van der Waals surface area contributed by atoms with Gasteiger partial charge >= 0.3 is 6.03 Å². The molecule has 2 heterocycles. The molecule has 3 aromatic rings. The Balaban J connectivity index is 1.47. The van der Waals surface area contributed by atoms with Crippen LogP contribution < -0.4 is 15.9 Å². The number of para-hydroxylation sites is 1. The number of allylic oxidation sites excluding steroid dienone is 2. The molecule has 4 N–H and O–H groups in total. The smallest absolute Gasteiger partial charge is 0.328 e. The maximum absolute atomic E-state index is 15.1. The number of urea groups is 1. The van der Waals surface area contributed by atoms with Crippen molar-refractivity contribution >= 4 is 46.9 Å². The predicted molar refractivity (Wildman–Crippen MR) is 169 cm³/mol. The van der Waals surface area contributed by atoms with Crippen molar-refractivity contribution in [1.82, 2.24) is 9.91 Å². The van der Waals surface area contributed by atoms with E-state index in [1.807, 2.05) is 6.08 Å². The summed E-state index contributed by atoms with van der Waals surface area (Å²) in [6.45, 7) is -0.342. The minimum atomic E-state index is -1.61. The monoisotopic (exact) mass is 672 g/mol. The molecule has 4 aliphatic rings. The van der Waals surface area contributed by atoms with Crippen molar-refractivity contribution in [3.63, 3.8) is 0 Å². The highest BCUT2D eigenvalue weighted by atomic mass is 35.5. The van der Waals surface area contributed by atoms with Crippen LogP contribution in [-0.4, -0.2) is 57.9 Å². The summed E-state index contributed by atoms with van der Waals surface area (Å²) in [5, 5.41) is 11.0. The Morgan fingerprint density at radius 1 is 0.979 bits per heavy atom. The SMILES string of the molecule is NC(=O)N1C(=O)C2CC=C3C(CC4C(=O)N(Nc5ccc(F)cc5)C(=O)C4(c4ccc(Cl)cc4)C3c3ccccc3OCCO)C2C1=O. The van der Waals surface area contributed by atoms with Crippen LogP contribution >= 0.6 is 11.6 Å². The van der Waals surface area contributed by atoms with Gasteiger partial charge < -0.3 is 15.6 Å². The number of hydrazine groups is 1. The van der Waals surface area contributed by atoms with Gasteiger partial charge in [0, 0.05) is 16.5 Å². The van der Waals surface area contributed by atoms with Crippen LogP contribution in [0.2, 0.25) is 5.02 Å². The molecular formula is C35H30ClFN4O7. The van der Waals surface area contributed by atoms with Crippen molar-refractivity contribution in [2.24, 2.45) is 29.4 Å². The number of fused-ring (bicyclic) bond motifs is 4. The van der Waals surface area contributed by atoms with Crippen LogP contribution in [0.3, 0.4) is 0 Å². The Morgan fingerprint density at radius 2 is 1.69 bits per heavy atom. The fourth-order valence-corrected chi connectivity index (χ4v) is 8.35. The van der Waals surface area contributed by atoms with Crippen LogP contribution in [0, 0.1) is 29.5 Å². The molecule has 7 rings (SSSR count). The first-order valence-electron chi connectivity index (χ1n) is 15.5. The molecule has 2 aliphatic carbocycles. The van der Waals surface area contributed by atoms with Gasteiger partial charge in [0.1, 0.15) is 18.2 Å². The minimum Gasteiger partial charge on any atom is -0.491 e. The zero-order valence-corrected chi connectivity index (χ0v) is 26.1. The van der Waals surface area contributed by atoms with Gasteiger partial charge in [-0.25, -0.2) is 9.18 Å². The third-order valence-electron chi connectivity index (χ3n) is 10.1. The van der Waals surface area contributed by atoms with Crippen molar-refractivity contribution in [1.29, 1.82) is 0 Å². The minimum absolute atomic E-state index is 0.0103. The van der Waals surface area contributed by atoms with Gasteiger partial charge in [0.2, 0.25) is 11.8 Å². The van der Waals surface area contributed by atoms with Gasteiger partial charge in [-0.05, 0) is 66.8 Å². The van der Waals surface area contributed by atoms with E-state index in [0.717, 1.165) is 5.01 Å². The number of hydrogen-bond acceptors (Lipinski definition) is 8. The second-order valence-corrected chi connectivity index (χ2v) is 12.8. The molecule has 3 aromatic carbocycles. The van der Waals surface area contributed by atoms with Crippen molar-refractivity contribution in [2.75, 3.05) is 18.6 Å². The summed E-state index contributed by atoms with van der Waals surface area (Å²) in [6.07, 6.45) is 1.92. The number of nitrogens with zero attached hydrogens (tertiary/aromatic N) is 2. The van der Waals surface area contributed by atoms with Crippen molar-refractivity contribution in [3.8, 4) is 5.75 Å². The van der Waals surface area contributed by atoms with Crippen molar-refractivity contribution in [3.05, 3.63) is 106 Å². The third kappa shape index (κ3) is 4.61. The lowest BCUT2D eigenvalue weighted by molar-refractivity contribution is -0.139. The van der Waals surface area contributed by atoms with Gasteiger partial charge in [-0.3, -0.25) is 24.6 Å². The van der Waals surface area contributed by atoms with Crippen molar-refractivity contribution in [2.45, 2.75) is 24.2 Å². The van der Waals surface area contributed by atoms with Crippen LogP contribution in [0.25, 0.3) is 0 Å². The Morgan fingerprint density at radius 3 is 2.38 bits per heavy atom. The summed E-state index contributed by atoms with van der Waals surface area (Å²) >= 11 is 6.31. The number of imide groups is 4. The number of nitrogens with two attached hydrogens (primary N) is 1. The number of aliphatic hydroxyl groups excluding tert-OH is 1. The van der Waals surface area contributed by atoms with Crippen LogP contribution in [0.5, 0.6) is 5.75 Å². The molecule has 6 atom stereocenters. The zero-order chi connectivity index (χ0) is 33.9. The number of hydrogen-bond donors (Lipinski definition) is 3. The molecular weight excluding hydrogens is 643 g/mol. The number of benzene rings is 3. The highest BCUT2D eigenvalue weighted by Gasteiger charge is 2.70. The fraction of sp³-hybridized carbons (Fsp3) is 0.286. The molecule has 6 unspecified atom stereocenters. The molecule has 1 saturated carbocycles. The second kappa shape index (κ2) is 11.9. The van der Waals surface area contributed by atoms with Crippen LogP contribution in [-0.2, 0) is 24.6 Å². The molecule has 2 saturated heterocycles. The molecule has 6 amide bonds. The van der Waals surface area contributed by atoms with Gasteiger partial charge in [0.15, 0.2) is 0 Å². The van der Waals surface area contributed by atoms with Crippen LogP contribution in [0.15, 0.2) is 84.4 Å². The standard InChI is InChI=1S/C35H30ClFN4O7/c36-19-7-5-18(6-8-19)35-26(31(44)41(33(35)46)39-21-11-9-20(37)10-12-21)17-25-22(29(35)23-3-1-2-4-27(23)48-16-15-42)13-14-24-28(25)32(45)40(30(24)43)34(38)47/h1-13,24-26,28-29,39,42H,14-17H2,(H2,38,47). The topological polar surface area (TPSA) is 159 Å². The highest BCUT2D eigenvalue weighted by Crippen LogP contribution is 2.65. The number of carbonyl (C=O) groups excluding carboxylic acids is 5. The molecule has 0 bridgehead atoms. The summed E-state index contributed by atoms with van der Waals surface area (Å²) in [4.78, 5) is 69.5. The van der Waals surface area contributed by atoms with Crippen LogP contribution in [0.4, 0.5) is 14.9 Å². The van der Waals surface area contributed by atoms with E-state index in [1.165, 1.54) is 24.3 Å². The first kappa shape index (κ1) is 31.5. The lowest BCUT2D eigenvalue weighted by Crippen LogP contribution is -2.53. The third-order valence-corrected chi connectivity index (χ3v) is 10.3. The molecule has 0 radical (unpaired) electrons. The van der Waals surface area contributed by atoms with Gasteiger partial charge in [0.05, 0.1) is 35.5 Å². The van der Waals surface area contributed by atoms with Crippen LogP contribution in [0.1, 0.15) is 29.9 Å². The summed E-state index contributed by atoms with van der Waals surface area (Å²) in [5.41, 5.74) is 8.67. The molecule has 13 heteroatoms. The van der Waals surface area contributed by atoms with E-state index in [4.69, 9.17) is 22.1 Å². The number of primary amides is 1. The lowest BCUT2D eigenvalue weighted by atomic mass is 9.49. The van der Waals surface area contributed by atoms with E-state index in [2.05, 4.69) is 5.43 Å². The largest absolute Gasteiger partial charge is 0.491 e. The summed E-state index contributed by atoms with van der Waals surface area (Å²) in [5.74, 6) is -7.38. The number of nitrogens with one attached hydrogen (secondary N) is 1. The number of amides is 6. The normalized spacial score (nSPS) is 27.7. The Kier molecular flexibility index (Phi) is 7.80. The Bertz CT molecular complexity index is 1880. The van der Waals surface area contributed by atoms with E-state index in [9.17, 15) is 28.7 Å². The number of ether oxygens (including phenoxy) is 1. The fourth-order valence-electron chi connectivity index (χ4n) is 8.22. The van der Waals surface area contributed by atoms with E-state index in [0.29, 0.717) is 32.4 Å². The number of likely N-dealkylation sites (tertiary alicyclic amines) is 1. The molecule has 2 aliphatic heterocycles. The van der Waals surface area contributed by atoms with Gasteiger partial charge in [0.25, 0.3) is 11.8 Å². The van der Waals surface area contributed by atoms with E-state index < -0.39 is 70.5 Å². The zero-order valence-electron chi connectivity index (χ0n) is 25.3. The molecule has 48 heavy (non-hydrogen) atoms. The molecule has 0 spiro atoms. The predicted octanol–water partition coefficient (Wildman–Crippen LogP) is 3.91. The second-order valence-electron chi connectivity index (χ2n) is 12.3. The van der Waals surface area contributed by atoms with E-state index >= 15 is 4.79 Å². The molecule has 11 nitrogen and oxygen atoms in total. The highest BCUT2D eigenvalue weighted by molar-refractivity contribution is 6.30. The Hall–Kier alpha value is -5.07. The molecule has 3 fully saturated rings. The number of carbonyl (C=O) groups is 5. The first-order valence-corrected chi connectivity index (χ1v) is 15.8. The van der Waals surface area contributed by atoms with Gasteiger partial charge in [-0.1, -0.05) is 53.6 Å². The van der Waals surface area contributed by atoms with E-state index in [1.54, 1.807) is 48.5 Å². The average Bonchev–Trinajstić information content (AvgIpc) is 3.46. The Labute approximate surface area is 279 Å². The van der Waals surface area contributed by atoms with E-state index in [-0.39, 0.29) is 31.7 Å². The number of aliphatic hydroxyl groups is 1. The first-order chi connectivity index (χ1) is 23.1. The number of anilines is 1.